The molecule has 1 amide bonds. The lowest BCUT2D eigenvalue weighted by molar-refractivity contribution is -0.129. The Bertz CT molecular complexity index is 1310. The van der Waals surface area contributed by atoms with Crippen molar-refractivity contribution in [1.29, 1.82) is 0 Å². The molecule has 8 heteroatoms. The van der Waals surface area contributed by atoms with Crippen molar-refractivity contribution in [1.82, 2.24) is 4.90 Å². The van der Waals surface area contributed by atoms with Gasteiger partial charge in [-0.2, -0.15) is 0 Å². The molecule has 0 bridgehead atoms. The number of hydrogen-bond acceptors (Lipinski definition) is 5. The molecule has 0 aliphatic carbocycles. The Balaban J connectivity index is 1.63. The number of benzene rings is 3. The van der Waals surface area contributed by atoms with Crippen LogP contribution in [0.4, 0.5) is 11.4 Å². The molecule has 4 rings (SSSR count). The van der Waals surface area contributed by atoms with E-state index in [1.807, 2.05) is 45.0 Å². The van der Waals surface area contributed by atoms with E-state index in [0.717, 1.165) is 22.4 Å². The Hall–Kier alpha value is -3.52. The predicted molar refractivity (Wildman–Crippen MR) is 143 cm³/mol. The van der Waals surface area contributed by atoms with E-state index in [1.165, 1.54) is 11.4 Å². The van der Waals surface area contributed by atoms with Crippen molar-refractivity contribution in [2.75, 3.05) is 49.0 Å². The number of carbonyl (C=O) groups excluding carboxylic acids is 1. The smallest absolute Gasteiger partial charge is 0.268 e. The largest absolute Gasteiger partial charge is 0.495 e. The van der Waals surface area contributed by atoms with Gasteiger partial charge < -0.3 is 14.5 Å². The molecule has 7 nitrogen and oxygen atoms in total. The van der Waals surface area contributed by atoms with Crippen LogP contribution in [-0.4, -0.2) is 59.1 Å². The van der Waals surface area contributed by atoms with Crippen LogP contribution in [0, 0.1) is 20.8 Å². The topological polar surface area (TPSA) is 70.2 Å². The van der Waals surface area contributed by atoms with Gasteiger partial charge in [-0.15, -0.1) is 0 Å². The van der Waals surface area contributed by atoms with E-state index in [0.29, 0.717) is 31.9 Å². The second kappa shape index (κ2) is 10.6. The van der Waals surface area contributed by atoms with E-state index in [4.69, 9.17) is 4.74 Å². The molecular weight excluding hydrogens is 474 g/mol. The number of anilines is 2. The van der Waals surface area contributed by atoms with Crippen LogP contribution in [0.2, 0.25) is 0 Å². The van der Waals surface area contributed by atoms with Gasteiger partial charge in [-0.05, 0) is 73.9 Å². The van der Waals surface area contributed by atoms with Crippen molar-refractivity contribution in [3.8, 4) is 5.75 Å². The minimum Gasteiger partial charge on any atom is -0.495 e. The number of nitrogens with zero attached hydrogens (tertiary/aromatic N) is 3. The lowest BCUT2D eigenvalue weighted by Crippen LogP contribution is -2.52. The Kier molecular flexibility index (Phi) is 7.54. The van der Waals surface area contributed by atoms with Crippen LogP contribution in [0.15, 0.2) is 71.6 Å². The lowest BCUT2D eigenvalue weighted by Gasteiger charge is -2.37. The molecule has 0 N–H and O–H groups in total. The Labute approximate surface area is 214 Å². The van der Waals surface area contributed by atoms with Gasteiger partial charge in [0.2, 0.25) is 5.91 Å². The summed E-state index contributed by atoms with van der Waals surface area (Å²) in [6.45, 7) is 7.82. The SMILES string of the molecule is COc1ccc(C)cc1S(=O)(=O)N(CC(=O)N1CCN(c2ccccc2)CC1)c1cc(C)cc(C)c1. The molecule has 3 aromatic rings. The van der Waals surface area contributed by atoms with Gasteiger partial charge in [-0.1, -0.05) is 30.3 Å². The highest BCUT2D eigenvalue weighted by Crippen LogP contribution is 2.32. The van der Waals surface area contributed by atoms with Gasteiger partial charge in [0.25, 0.3) is 10.0 Å². The maximum absolute atomic E-state index is 14.0. The summed E-state index contributed by atoms with van der Waals surface area (Å²) in [5.74, 6) is 0.0240. The molecule has 1 aliphatic heterocycles. The zero-order valence-corrected chi connectivity index (χ0v) is 22.1. The minimum atomic E-state index is -4.09. The van der Waals surface area contributed by atoms with Crippen LogP contribution in [0.3, 0.4) is 0 Å². The fraction of sp³-hybridized carbons (Fsp3) is 0.321. The molecule has 36 heavy (non-hydrogen) atoms. The van der Waals surface area contributed by atoms with E-state index < -0.39 is 10.0 Å². The molecule has 0 spiro atoms. The third-order valence-electron chi connectivity index (χ3n) is 6.41. The van der Waals surface area contributed by atoms with Crippen molar-refractivity contribution in [3.05, 3.63) is 83.4 Å². The first-order chi connectivity index (χ1) is 17.2. The van der Waals surface area contributed by atoms with Crippen LogP contribution >= 0.6 is 0 Å². The van der Waals surface area contributed by atoms with E-state index in [-0.39, 0.29) is 23.1 Å². The summed E-state index contributed by atoms with van der Waals surface area (Å²) in [7, 11) is -2.64. The summed E-state index contributed by atoms with van der Waals surface area (Å²) in [6.07, 6.45) is 0. The fourth-order valence-electron chi connectivity index (χ4n) is 4.59. The highest BCUT2D eigenvalue weighted by Gasteiger charge is 2.32. The van der Waals surface area contributed by atoms with Crippen LogP contribution in [0.1, 0.15) is 16.7 Å². The van der Waals surface area contributed by atoms with E-state index >= 15 is 0 Å². The molecule has 3 aromatic carbocycles. The maximum Gasteiger partial charge on any atom is 0.268 e. The molecule has 0 radical (unpaired) electrons. The Morgan fingerprint density at radius 1 is 0.861 bits per heavy atom. The molecular formula is C28H33N3O4S. The first-order valence-electron chi connectivity index (χ1n) is 12.0. The van der Waals surface area contributed by atoms with Crippen molar-refractivity contribution in [2.45, 2.75) is 25.7 Å². The van der Waals surface area contributed by atoms with E-state index in [9.17, 15) is 13.2 Å². The highest BCUT2D eigenvalue weighted by molar-refractivity contribution is 7.93. The molecule has 1 saturated heterocycles. The molecule has 1 fully saturated rings. The van der Waals surface area contributed by atoms with Gasteiger partial charge in [0.15, 0.2) is 0 Å². The monoisotopic (exact) mass is 507 g/mol. The normalized spacial score (nSPS) is 14.0. The third-order valence-corrected chi connectivity index (χ3v) is 8.21. The first kappa shape index (κ1) is 25.6. The van der Waals surface area contributed by atoms with Crippen molar-refractivity contribution < 1.29 is 17.9 Å². The number of piperazine rings is 1. The molecule has 1 heterocycles. The minimum absolute atomic E-state index is 0.0471. The number of amides is 1. The van der Waals surface area contributed by atoms with Crippen LogP contribution in [0.5, 0.6) is 5.75 Å². The van der Waals surface area contributed by atoms with Gasteiger partial charge in [-0.25, -0.2) is 8.42 Å². The summed E-state index contributed by atoms with van der Waals surface area (Å²) in [6, 6.07) is 20.7. The van der Waals surface area contributed by atoms with Gasteiger partial charge in [-0.3, -0.25) is 9.10 Å². The van der Waals surface area contributed by atoms with E-state index in [2.05, 4.69) is 17.0 Å². The number of aryl methyl sites for hydroxylation is 3. The van der Waals surface area contributed by atoms with Crippen LogP contribution in [0.25, 0.3) is 0 Å². The standard InChI is InChI=1S/C28H33N3O4S/c1-21-10-11-26(35-4)27(19-21)36(33,34)31(25-17-22(2)16-23(3)18-25)20-28(32)30-14-12-29(13-15-30)24-8-6-5-7-9-24/h5-11,16-19H,12-15,20H2,1-4H3. The van der Waals surface area contributed by atoms with Crippen molar-refractivity contribution in [3.63, 3.8) is 0 Å². The zero-order chi connectivity index (χ0) is 25.9. The van der Waals surface area contributed by atoms with Gasteiger partial charge in [0.1, 0.15) is 17.2 Å². The second-order valence-corrected chi connectivity index (χ2v) is 11.0. The quantitative estimate of drug-likeness (QED) is 0.480. The summed E-state index contributed by atoms with van der Waals surface area (Å²) < 4.78 is 34.6. The third kappa shape index (κ3) is 5.49. The number of sulfonamides is 1. The number of ether oxygens (including phenoxy) is 1. The Morgan fingerprint density at radius 3 is 2.11 bits per heavy atom. The summed E-state index contributed by atoms with van der Waals surface area (Å²) in [5.41, 5.74) is 4.22. The van der Waals surface area contributed by atoms with Gasteiger partial charge >= 0.3 is 0 Å². The summed E-state index contributed by atoms with van der Waals surface area (Å²) in [4.78, 5) is 17.5. The van der Waals surface area contributed by atoms with Gasteiger partial charge in [0.05, 0.1) is 12.8 Å². The predicted octanol–water partition coefficient (Wildman–Crippen LogP) is 4.16. The lowest BCUT2D eigenvalue weighted by atomic mass is 10.1. The average Bonchev–Trinajstić information content (AvgIpc) is 2.87. The summed E-state index contributed by atoms with van der Waals surface area (Å²) in [5, 5.41) is 0. The number of carbonyl (C=O) groups is 1. The van der Waals surface area contributed by atoms with Crippen LogP contribution in [-0.2, 0) is 14.8 Å². The van der Waals surface area contributed by atoms with Crippen molar-refractivity contribution >= 4 is 27.3 Å². The highest BCUT2D eigenvalue weighted by atomic mass is 32.2. The zero-order valence-electron chi connectivity index (χ0n) is 21.3. The summed E-state index contributed by atoms with van der Waals surface area (Å²) >= 11 is 0. The van der Waals surface area contributed by atoms with Crippen molar-refractivity contribution in [2.24, 2.45) is 0 Å². The maximum atomic E-state index is 14.0. The first-order valence-corrected chi connectivity index (χ1v) is 13.5. The molecule has 1 aliphatic rings. The number of hydrogen-bond donors (Lipinski definition) is 0. The molecule has 0 aromatic heterocycles. The Morgan fingerprint density at radius 2 is 1.50 bits per heavy atom. The average molecular weight is 508 g/mol. The molecule has 0 atom stereocenters. The number of methoxy groups -OCH3 is 1. The number of rotatable bonds is 7. The molecule has 0 unspecified atom stereocenters. The van der Waals surface area contributed by atoms with Gasteiger partial charge in [0, 0.05) is 31.9 Å². The second-order valence-electron chi connectivity index (χ2n) is 9.22. The fourth-order valence-corrected chi connectivity index (χ4v) is 6.23. The number of para-hydroxylation sites is 1. The molecule has 190 valence electrons. The molecule has 0 saturated carbocycles. The van der Waals surface area contributed by atoms with E-state index in [1.54, 1.807) is 35.2 Å². The van der Waals surface area contributed by atoms with Crippen LogP contribution < -0.4 is 13.9 Å².